The van der Waals surface area contributed by atoms with Crippen LogP contribution in [0.5, 0.6) is 0 Å². The molecule has 0 radical (unpaired) electrons. The zero-order valence-corrected chi connectivity index (χ0v) is 12.0. The van der Waals surface area contributed by atoms with Crippen LogP contribution in [0.15, 0.2) is 23.6 Å². The fourth-order valence-corrected chi connectivity index (χ4v) is 3.53. The molecule has 1 amide bonds. The Hall–Kier alpha value is -1.52. The minimum absolute atomic E-state index is 0.0348. The number of benzene rings is 1. The van der Waals surface area contributed by atoms with E-state index in [0.717, 1.165) is 23.2 Å². The van der Waals surface area contributed by atoms with Crippen molar-refractivity contribution in [3.63, 3.8) is 0 Å². The molecular weight excluding hydrogens is 280 g/mol. The molecule has 0 bridgehead atoms. The standard InChI is InChI=1S/C14H13ClN2OS/c1-8-7-19-13(12(8)15)14(18)17-5-4-9-2-3-10(16)6-11(9)17/h2-3,6-7H,4-5,16H2,1H3. The van der Waals surface area contributed by atoms with Crippen molar-refractivity contribution in [2.75, 3.05) is 17.2 Å². The molecule has 0 atom stereocenters. The van der Waals surface area contributed by atoms with Gasteiger partial charge in [-0.2, -0.15) is 0 Å². The average Bonchev–Trinajstić information content (AvgIpc) is 2.94. The lowest BCUT2D eigenvalue weighted by Gasteiger charge is -2.17. The third-order valence-electron chi connectivity index (χ3n) is 3.34. The van der Waals surface area contributed by atoms with Gasteiger partial charge in [-0.05, 0) is 42.0 Å². The van der Waals surface area contributed by atoms with Crippen molar-refractivity contribution >= 4 is 40.2 Å². The van der Waals surface area contributed by atoms with Crippen LogP contribution in [-0.2, 0) is 6.42 Å². The number of aryl methyl sites for hydroxylation is 1. The number of carbonyl (C=O) groups excluding carboxylic acids is 1. The fourth-order valence-electron chi connectivity index (χ4n) is 2.30. The summed E-state index contributed by atoms with van der Waals surface area (Å²) in [4.78, 5) is 14.9. The van der Waals surface area contributed by atoms with Gasteiger partial charge >= 0.3 is 0 Å². The zero-order chi connectivity index (χ0) is 13.6. The second kappa shape index (κ2) is 4.54. The predicted molar refractivity (Wildman–Crippen MR) is 80.3 cm³/mol. The largest absolute Gasteiger partial charge is 0.399 e. The zero-order valence-electron chi connectivity index (χ0n) is 10.4. The fraction of sp³-hybridized carbons (Fsp3) is 0.214. The number of nitrogens with zero attached hydrogens (tertiary/aromatic N) is 1. The van der Waals surface area contributed by atoms with Gasteiger partial charge in [0.2, 0.25) is 0 Å². The number of rotatable bonds is 1. The molecule has 1 aromatic carbocycles. The van der Waals surface area contributed by atoms with Crippen LogP contribution in [0.1, 0.15) is 20.8 Å². The van der Waals surface area contributed by atoms with Gasteiger partial charge in [-0.25, -0.2) is 0 Å². The van der Waals surface area contributed by atoms with Crippen LogP contribution in [0.25, 0.3) is 0 Å². The van der Waals surface area contributed by atoms with Crippen LogP contribution in [0.3, 0.4) is 0 Å². The van der Waals surface area contributed by atoms with E-state index in [1.54, 1.807) is 4.90 Å². The van der Waals surface area contributed by atoms with Gasteiger partial charge in [0.15, 0.2) is 0 Å². The number of thiophene rings is 1. The quantitative estimate of drug-likeness (QED) is 0.818. The molecule has 5 heteroatoms. The monoisotopic (exact) mass is 292 g/mol. The summed E-state index contributed by atoms with van der Waals surface area (Å²) in [6.45, 7) is 2.59. The lowest BCUT2D eigenvalue weighted by molar-refractivity contribution is 0.0993. The smallest absolute Gasteiger partial charge is 0.269 e. The molecule has 3 nitrogen and oxygen atoms in total. The van der Waals surface area contributed by atoms with Crippen molar-refractivity contribution in [3.8, 4) is 0 Å². The Kier molecular flexibility index (Phi) is 2.99. The number of fused-ring (bicyclic) bond motifs is 1. The van der Waals surface area contributed by atoms with Gasteiger partial charge in [0.25, 0.3) is 5.91 Å². The maximum atomic E-state index is 12.6. The van der Waals surface area contributed by atoms with Crippen molar-refractivity contribution in [1.29, 1.82) is 0 Å². The molecule has 1 aliphatic heterocycles. The molecule has 1 aromatic heterocycles. The Morgan fingerprint density at radius 2 is 2.26 bits per heavy atom. The number of anilines is 2. The molecule has 3 rings (SSSR count). The van der Waals surface area contributed by atoms with Gasteiger partial charge in [0.05, 0.1) is 5.02 Å². The van der Waals surface area contributed by atoms with Crippen LogP contribution < -0.4 is 10.6 Å². The van der Waals surface area contributed by atoms with E-state index in [1.165, 1.54) is 11.3 Å². The first-order valence-electron chi connectivity index (χ1n) is 6.02. The molecule has 0 spiro atoms. The third kappa shape index (κ3) is 2.01. The number of nitrogens with two attached hydrogens (primary N) is 1. The summed E-state index contributed by atoms with van der Waals surface area (Å²) in [5.41, 5.74) is 9.49. The number of carbonyl (C=O) groups is 1. The molecule has 0 unspecified atom stereocenters. The summed E-state index contributed by atoms with van der Waals surface area (Å²) in [5, 5.41) is 2.47. The molecule has 98 valence electrons. The van der Waals surface area contributed by atoms with E-state index in [1.807, 2.05) is 30.5 Å². The first-order chi connectivity index (χ1) is 9.08. The number of hydrogen-bond donors (Lipinski definition) is 1. The van der Waals surface area contributed by atoms with E-state index < -0.39 is 0 Å². The summed E-state index contributed by atoms with van der Waals surface area (Å²) >= 11 is 7.57. The Morgan fingerprint density at radius 3 is 2.95 bits per heavy atom. The molecule has 0 saturated carbocycles. The van der Waals surface area contributed by atoms with Crippen LogP contribution >= 0.6 is 22.9 Å². The van der Waals surface area contributed by atoms with Gasteiger partial charge < -0.3 is 10.6 Å². The molecule has 2 aromatic rings. The first kappa shape index (κ1) is 12.5. The van der Waals surface area contributed by atoms with Gasteiger partial charge in [-0.15, -0.1) is 11.3 Å². The summed E-state index contributed by atoms with van der Waals surface area (Å²) in [6, 6.07) is 5.71. The van der Waals surface area contributed by atoms with Crippen LogP contribution in [0, 0.1) is 6.92 Å². The number of nitrogen functional groups attached to an aromatic ring is 1. The molecule has 2 heterocycles. The van der Waals surface area contributed by atoms with Crippen LogP contribution in [0.4, 0.5) is 11.4 Å². The second-order valence-corrected chi connectivity index (χ2v) is 5.91. The first-order valence-corrected chi connectivity index (χ1v) is 7.27. The highest BCUT2D eigenvalue weighted by Crippen LogP contribution is 2.34. The summed E-state index contributed by atoms with van der Waals surface area (Å²) in [6.07, 6.45) is 0.864. The van der Waals surface area contributed by atoms with E-state index in [2.05, 4.69) is 0 Å². The lowest BCUT2D eigenvalue weighted by Crippen LogP contribution is -2.28. The van der Waals surface area contributed by atoms with E-state index in [4.69, 9.17) is 17.3 Å². The van der Waals surface area contributed by atoms with Crippen LogP contribution in [-0.4, -0.2) is 12.5 Å². The molecule has 19 heavy (non-hydrogen) atoms. The number of hydrogen-bond acceptors (Lipinski definition) is 3. The van der Waals surface area contributed by atoms with E-state index in [-0.39, 0.29) is 5.91 Å². The maximum Gasteiger partial charge on any atom is 0.269 e. The van der Waals surface area contributed by atoms with Crippen molar-refractivity contribution in [1.82, 2.24) is 0 Å². The number of amides is 1. The molecule has 0 fully saturated rings. The topological polar surface area (TPSA) is 46.3 Å². The average molecular weight is 293 g/mol. The highest BCUT2D eigenvalue weighted by atomic mass is 35.5. The molecule has 0 aliphatic carbocycles. The Labute approximate surface area is 120 Å². The van der Waals surface area contributed by atoms with Crippen molar-refractivity contribution in [3.05, 3.63) is 44.6 Å². The normalized spacial score (nSPS) is 13.7. The molecule has 1 aliphatic rings. The molecular formula is C14H13ClN2OS. The second-order valence-electron chi connectivity index (χ2n) is 4.66. The van der Waals surface area contributed by atoms with Gasteiger partial charge in [0.1, 0.15) is 4.88 Å². The SMILES string of the molecule is Cc1csc(C(=O)N2CCc3ccc(N)cc32)c1Cl. The minimum Gasteiger partial charge on any atom is -0.399 e. The van der Waals surface area contributed by atoms with Crippen molar-refractivity contribution in [2.24, 2.45) is 0 Å². The van der Waals surface area contributed by atoms with Gasteiger partial charge in [-0.3, -0.25) is 4.79 Å². The van der Waals surface area contributed by atoms with E-state index in [0.29, 0.717) is 22.1 Å². The van der Waals surface area contributed by atoms with Crippen molar-refractivity contribution < 1.29 is 4.79 Å². The predicted octanol–water partition coefficient (Wildman–Crippen LogP) is 3.50. The number of halogens is 1. The minimum atomic E-state index is -0.0348. The summed E-state index contributed by atoms with van der Waals surface area (Å²) < 4.78 is 0. The molecule has 2 N–H and O–H groups in total. The van der Waals surface area contributed by atoms with Crippen molar-refractivity contribution in [2.45, 2.75) is 13.3 Å². The van der Waals surface area contributed by atoms with Gasteiger partial charge in [0, 0.05) is 17.9 Å². The van der Waals surface area contributed by atoms with E-state index in [9.17, 15) is 4.79 Å². The maximum absolute atomic E-state index is 12.6. The summed E-state index contributed by atoms with van der Waals surface area (Å²) in [5.74, 6) is -0.0348. The van der Waals surface area contributed by atoms with Crippen LogP contribution in [0.2, 0.25) is 5.02 Å². The third-order valence-corrected chi connectivity index (χ3v) is 5.03. The highest BCUT2D eigenvalue weighted by Gasteiger charge is 2.28. The van der Waals surface area contributed by atoms with E-state index >= 15 is 0 Å². The van der Waals surface area contributed by atoms with Gasteiger partial charge in [-0.1, -0.05) is 17.7 Å². The lowest BCUT2D eigenvalue weighted by atomic mass is 10.1. The Balaban J connectivity index is 2.00. The Bertz CT molecular complexity index is 665. The summed E-state index contributed by atoms with van der Waals surface area (Å²) in [7, 11) is 0. The highest BCUT2D eigenvalue weighted by molar-refractivity contribution is 7.13. The molecule has 0 saturated heterocycles. The Morgan fingerprint density at radius 1 is 1.47 bits per heavy atom.